The molecule has 4 nitrogen and oxygen atoms in total. The number of furan rings is 1. The van der Waals surface area contributed by atoms with Crippen LogP contribution >= 0.6 is 0 Å². The maximum atomic E-state index is 11.9. The molecule has 0 atom stereocenters. The number of hydrogen-bond acceptors (Lipinski definition) is 3. The van der Waals surface area contributed by atoms with E-state index < -0.39 is 12.3 Å². The standard InChI is InChI=1S/C12H8F3NO3/c13-12(14,15)19-9-5-3-8(4-6-9)16-11(17)10-2-1-7-18-10/h1-7H,(H,16,17). The average Bonchev–Trinajstić information content (AvgIpc) is 2.83. The molecule has 100 valence electrons. The van der Waals surface area contributed by atoms with Crippen molar-refractivity contribution in [3.8, 4) is 5.75 Å². The molecule has 0 saturated heterocycles. The first-order valence-corrected chi connectivity index (χ1v) is 5.15. The number of carbonyl (C=O) groups is 1. The van der Waals surface area contributed by atoms with Gasteiger partial charge in [0.15, 0.2) is 5.76 Å². The molecule has 1 aromatic carbocycles. The second-order valence-electron chi connectivity index (χ2n) is 3.50. The van der Waals surface area contributed by atoms with Gasteiger partial charge in [0.1, 0.15) is 5.75 Å². The molecule has 0 aliphatic carbocycles. The zero-order chi connectivity index (χ0) is 13.9. The van der Waals surface area contributed by atoms with E-state index in [0.29, 0.717) is 5.69 Å². The van der Waals surface area contributed by atoms with Gasteiger partial charge in [0, 0.05) is 5.69 Å². The van der Waals surface area contributed by atoms with Crippen molar-refractivity contribution in [3.63, 3.8) is 0 Å². The molecule has 1 N–H and O–H groups in total. The molecule has 0 radical (unpaired) electrons. The van der Waals surface area contributed by atoms with Gasteiger partial charge in [0.05, 0.1) is 6.26 Å². The van der Waals surface area contributed by atoms with Crippen LogP contribution in [0.1, 0.15) is 10.6 Å². The molecule has 1 amide bonds. The Morgan fingerprint density at radius 3 is 2.37 bits per heavy atom. The van der Waals surface area contributed by atoms with Crippen LogP contribution in [0.3, 0.4) is 0 Å². The quantitative estimate of drug-likeness (QED) is 0.930. The van der Waals surface area contributed by atoms with Gasteiger partial charge in [0.25, 0.3) is 5.91 Å². The summed E-state index contributed by atoms with van der Waals surface area (Å²) in [5, 5.41) is 2.46. The Bertz CT molecular complexity index is 547. The van der Waals surface area contributed by atoms with E-state index in [1.54, 1.807) is 6.07 Å². The predicted molar refractivity (Wildman–Crippen MR) is 59.8 cm³/mol. The molecule has 2 rings (SSSR count). The Morgan fingerprint density at radius 1 is 1.16 bits per heavy atom. The average molecular weight is 271 g/mol. The van der Waals surface area contributed by atoms with Gasteiger partial charge < -0.3 is 14.5 Å². The van der Waals surface area contributed by atoms with Crippen LogP contribution in [0.25, 0.3) is 0 Å². The molecule has 0 bridgehead atoms. The molecule has 2 aromatic rings. The van der Waals surface area contributed by atoms with E-state index in [2.05, 4.69) is 10.1 Å². The van der Waals surface area contributed by atoms with Gasteiger partial charge in [-0.3, -0.25) is 4.79 Å². The van der Waals surface area contributed by atoms with Crippen LogP contribution in [0, 0.1) is 0 Å². The Morgan fingerprint density at radius 2 is 1.84 bits per heavy atom. The van der Waals surface area contributed by atoms with E-state index in [4.69, 9.17) is 4.42 Å². The first kappa shape index (κ1) is 13.0. The number of alkyl halides is 3. The number of anilines is 1. The lowest BCUT2D eigenvalue weighted by atomic mass is 10.3. The van der Waals surface area contributed by atoms with Gasteiger partial charge in [0.2, 0.25) is 0 Å². The highest BCUT2D eigenvalue weighted by Gasteiger charge is 2.30. The number of carbonyl (C=O) groups excluding carboxylic acids is 1. The highest BCUT2D eigenvalue weighted by Crippen LogP contribution is 2.24. The number of amides is 1. The number of halogens is 3. The molecular formula is C12H8F3NO3. The van der Waals surface area contributed by atoms with E-state index in [1.807, 2.05) is 0 Å². The molecule has 0 spiro atoms. The van der Waals surface area contributed by atoms with Crippen LogP contribution < -0.4 is 10.1 Å². The van der Waals surface area contributed by atoms with E-state index >= 15 is 0 Å². The Hall–Kier alpha value is -2.44. The first-order valence-electron chi connectivity index (χ1n) is 5.15. The number of ether oxygens (including phenoxy) is 1. The molecule has 0 saturated carbocycles. The fraction of sp³-hybridized carbons (Fsp3) is 0.0833. The smallest absolute Gasteiger partial charge is 0.459 e. The highest BCUT2D eigenvalue weighted by molar-refractivity contribution is 6.02. The molecule has 1 heterocycles. The van der Waals surface area contributed by atoms with Crippen molar-refractivity contribution in [2.45, 2.75) is 6.36 Å². The van der Waals surface area contributed by atoms with Gasteiger partial charge >= 0.3 is 6.36 Å². The molecular weight excluding hydrogens is 263 g/mol. The summed E-state index contributed by atoms with van der Waals surface area (Å²) < 4.78 is 44.4. The van der Waals surface area contributed by atoms with Gasteiger partial charge in [-0.05, 0) is 36.4 Å². The summed E-state index contributed by atoms with van der Waals surface area (Å²) in [6.45, 7) is 0. The third kappa shape index (κ3) is 3.77. The normalized spacial score (nSPS) is 11.1. The van der Waals surface area contributed by atoms with Gasteiger partial charge in [-0.15, -0.1) is 13.2 Å². The van der Waals surface area contributed by atoms with Crippen molar-refractivity contribution in [2.75, 3.05) is 5.32 Å². The fourth-order valence-electron chi connectivity index (χ4n) is 1.34. The SMILES string of the molecule is O=C(Nc1ccc(OC(F)(F)F)cc1)c1ccco1. The minimum atomic E-state index is -4.74. The second-order valence-corrected chi connectivity index (χ2v) is 3.50. The maximum Gasteiger partial charge on any atom is 0.573 e. The fourth-order valence-corrected chi connectivity index (χ4v) is 1.34. The van der Waals surface area contributed by atoms with Crippen molar-refractivity contribution in [1.82, 2.24) is 0 Å². The molecule has 1 aromatic heterocycles. The summed E-state index contributed by atoms with van der Waals surface area (Å²) in [5.74, 6) is -0.742. The number of nitrogens with one attached hydrogen (secondary N) is 1. The summed E-state index contributed by atoms with van der Waals surface area (Å²) in [7, 11) is 0. The number of hydrogen-bond donors (Lipinski definition) is 1. The third-order valence-corrected chi connectivity index (χ3v) is 2.09. The van der Waals surface area contributed by atoms with Crippen LogP contribution in [-0.4, -0.2) is 12.3 Å². The van der Waals surface area contributed by atoms with E-state index in [9.17, 15) is 18.0 Å². The van der Waals surface area contributed by atoms with Crippen molar-refractivity contribution in [1.29, 1.82) is 0 Å². The molecule has 0 aliphatic rings. The number of rotatable bonds is 3. The lowest BCUT2D eigenvalue weighted by molar-refractivity contribution is -0.274. The van der Waals surface area contributed by atoms with Crippen LogP contribution in [0.2, 0.25) is 0 Å². The zero-order valence-electron chi connectivity index (χ0n) is 9.40. The molecule has 19 heavy (non-hydrogen) atoms. The Balaban J connectivity index is 2.01. The largest absolute Gasteiger partial charge is 0.573 e. The zero-order valence-corrected chi connectivity index (χ0v) is 9.40. The molecule has 0 fully saturated rings. The summed E-state index contributed by atoms with van der Waals surface area (Å²) in [4.78, 5) is 11.6. The van der Waals surface area contributed by atoms with Crippen molar-refractivity contribution in [2.24, 2.45) is 0 Å². The minimum absolute atomic E-state index is 0.107. The van der Waals surface area contributed by atoms with Crippen molar-refractivity contribution >= 4 is 11.6 Å². The van der Waals surface area contributed by atoms with Gasteiger partial charge in [-0.2, -0.15) is 0 Å². The van der Waals surface area contributed by atoms with Crippen LogP contribution in [0.15, 0.2) is 47.1 Å². The van der Waals surface area contributed by atoms with E-state index in [0.717, 1.165) is 12.1 Å². The topological polar surface area (TPSA) is 51.5 Å². The van der Waals surface area contributed by atoms with Crippen LogP contribution in [0.5, 0.6) is 5.75 Å². The lowest BCUT2D eigenvalue weighted by Gasteiger charge is -2.09. The Kier molecular flexibility index (Phi) is 3.46. The Labute approximate surface area is 105 Å². The lowest BCUT2D eigenvalue weighted by Crippen LogP contribution is -2.17. The summed E-state index contributed by atoms with van der Waals surface area (Å²) in [5.41, 5.74) is 0.330. The van der Waals surface area contributed by atoms with E-state index in [-0.39, 0.29) is 11.5 Å². The molecule has 7 heteroatoms. The summed E-state index contributed by atoms with van der Waals surface area (Å²) in [6, 6.07) is 7.81. The number of benzene rings is 1. The monoisotopic (exact) mass is 271 g/mol. The summed E-state index contributed by atoms with van der Waals surface area (Å²) in [6.07, 6.45) is -3.39. The van der Waals surface area contributed by atoms with Crippen LogP contribution in [0.4, 0.5) is 18.9 Å². The van der Waals surface area contributed by atoms with Gasteiger partial charge in [-0.1, -0.05) is 0 Å². The highest BCUT2D eigenvalue weighted by atomic mass is 19.4. The predicted octanol–water partition coefficient (Wildman–Crippen LogP) is 3.43. The maximum absolute atomic E-state index is 11.9. The van der Waals surface area contributed by atoms with Gasteiger partial charge in [-0.25, -0.2) is 0 Å². The second kappa shape index (κ2) is 5.05. The van der Waals surface area contributed by atoms with Crippen molar-refractivity contribution in [3.05, 3.63) is 48.4 Å². The van der Waals surface area contributed by atoms with Crippen molar-refractivity contribution < 1.29 is 27.1 Å². The molecule has 0 aliphatic heterocycles. The summed E-state index contributed by atoms with van der Waals surface area (Å²) >= 11 is 0. The minimum Gasteiger partial charge on any atom is -0.459 e. The first-order chi connectivity index (χ1) is 8.94. The van der Waals surface area contributed by atoms with Crippen LogP contribution in [-0.2, 0) is 0 Å². The molecule has 0 unspecified atom stereocenters. The third-order valence-electron chi connectivity index (χ3n) is 2.09. The van der Waals surface area contributed by atoms with E-state index in [1.165, 1.54) is 24.5 Å².